The van der Waals surface area contributed by atoms with E-state index in [1.165, 1.54) is 5.69 Å². The molecule has 0 radical (unpaired) electrons. The Labute approximate surface area is 119 Å². The highest BCUT2D eigenvalue weighted by atomic mass is 16.1. The molecule has 4 heteroatoms. The molecule has 0 saturated heterocycles. The molecule has 0 bridgehead atoms. The van der Waals surface area contributed by atoms with Gasteiger partial charge in [0.2, 0.25) is 0 Å². The van der Waals surface area contributed by atoms with E-state index in [-0.39, 0.29) is 5.91 Å². The number of aromatic nitrogens is 1. The maximum atomic E-state index is 11.8. The maximum absolute atomic E-state index is 11.8. The van der Waals surface area contributed by atoms with Gasteiger partial charge < -0.3 is 15.2 Å². The van der Waals surface area contributed by atoms with E-state index in [4.69, 9.17) is 0 Å². The summed E-state index contributed by atoms with van der Waals surface area (Å²) in [4.78, 5) is 11.8. The molecule has 2 N–H and O–H groups in total. The Hall–Kier alpha value is -2.23. The van der Waals surface area contributed by atoms with Crippen LogP contribution in [0.25, 0.3) is 0 Å². The molecule has 2 aromatic rings. The number of anilines is 1. The van der Waals surface area contributed by atoms with Crippen LogP contribution in [-0.2, 0) is 13.6 Å². The molecule has 1 aromatic carbocycles. The minimum atomic E-state index is -0.0235. The van der Waals surface area contributed by atoms with Crippen molar-refractivity contribution in [2.75, 3.05) is 11.9 Å². The van der Waals surface area contributed by atoms with Crippen molar-refractivity contribution in [3.63, 3.8) is 0 Å². The molecule has 0 aliphatic heterocycles. The molecule has 2 rings (SSSR count). The average Bonchev–Trinajstić information content (AvgIpc) is 2.83. The number of amides is 1. The highest BCUT2D eigenvalue weighted by Crippen LogP contribution is 2.17. The normalized spacial score (nSPS) is 10.3. The second-order valence-electron chi connectivity index (χ2n) is 4.85. The lowest BCUT2D eigenvalue weighted by Gasteiger charge is -2.12. The summed E-state index contributed by atoms with van der Waals surface area (Å²) in [5.41, 5.74) is 4.05. The highest BCUT2D eigenvalue weighted by molar-refractivity contribution is 5.94. The van der Waals surface area contributed by atoms with E-state index in [2.05, 4.69) is 21.3 Å². The topological polar surface area (TPSA) is 46.1 Å². The number of nitrogens with one attached hydrogen (secondary N) is 2. The van der Waals surface area contributed by atoms with Gasteiger partial charge in [-0.15, -0.1) is 0 Å². The summed E-state index contributed by atoms with van der Waals surface area (Å²) >= 11 is 0. The predicted molar refractivity (Wildman–Crippen MR) is 81.9 cm³/mol. The first-order valence-corrected chi connectivity index (χ1v) is 6.84. The molecule has 106 valence electrons. The number of hydrogen-bond donors (Lipinski definition) is 2. The monoisotopic (exact) mass is 271 g/mol. The molecule has 0 atom stereocenters. The van der Waals surface area contributed by atoms with Crippen molar-refractivity contribution in [2.24, 2.45) is 7.05 Å². The fraction of sp³-hybridized carbons (Fsp3) is 0.312. The van der Waals surface area contributed by atoms with E-state index in [1.807, 2.05) is 51.4 Å². The van der Waals surface area contributed by atoms with E-state index < -0.39 is 0 Å². The molecular weight excluding hydrogens is 250 g/mol. The van der Waals surface area contributed by atoms with Crippen LogP contribution in [0.4, 0.5) is 5.69 Å². The summed E-state index contributed by atoms with van der Waals surface area (Å²) in [7, 11) is 2.03. The molecule has 0 saturated carbocycles. The van der Waals surface area contributed by atoms with Crippen LogP contribution in [0.1, 0.15) is 28.5 Å². The Balaban J connectivity index is 2.06. The zero-order valence-corrected chi connectivity index (χ0v) is 12.2. The summed E-state index contributed by atoms with van der Waals surface area (Å²) in [6, 6.07) is 9.85. The molecule has 0 aliphatic rings. The fourth-order valence-electron chi connectivity index (χ4n) is 2.13. The van der Waals surface area contributed by atoms with E-state index in [1.54, 1.807) is 0 Å². The number of aryl methyl sites for hydroxylation is 2. The largest absolute Gasteiger partial charge is 0.379 e. The fourth-order valence-corrected chi connectivity index (χ4v) is 2.13. The molecule has 0 unspecified atom stereocenters. The molecule has 1 aromatic heterocycles. The first-order valence-electron chi connectivity index (χ1n) is 6.84. The Morgan fingerprint density at radius 2 is 2.10 bits per heavy atom. The highest BCUT2D eigenvalue weighted by Gasteiger charge is 2.07. The molecule has 4 nitrogen and oxygen atoms in total. The van der Waals surface area contributed by atoms with Gasteiger partial charge in [-0.2, -0.15) is 0 Å². The van der Waals surface area contributed by atoms with E-state index in [0.717, 1.165) is 17.8 Å². The van der Waals surface area contributed by atoms with Crippen molar-refractivity contribution >= 4 is 11.6 Å². The number of hydrogen-bond acceptors (Lipinski definition) is 2. The van der Waals surface area contributed by atoms with E-state index in [0.29, 0.717) is 12.1 Å². The standard InChI is InChI=1S/C16H21N3O/c1-4-17-16(20)13-7-8-15(12(2)10-13)18-11-14-6-5-9-19(14)3/h5-10,18H,4,11H2,1-3H3,(H,17,20). The van der Waals surface area contributed by atoms with Gasteiger partial charge in [0.05, 0.1) is 6.54 Å². The number of carbonyl (C=O) groups is 1. The summed E-state index contributed by atoms with van der Waals surface area (Å²) in [6.45, 7) is 5.34. The van der Waals surface area contributed by atoms with E-state index in [9.17, 15) is 4.79 Å². The van der Waals surface area contributed by atoms with Gasteiger partial charge in [-0.3, -0.25) is 4.79 Å². The zero-order valence-electron chi connectivity index (χ0n) is 12.2. The van der Waals surface area contributed by atoms with Gasteiger partial charge >= 0.3 is 0 Å². The van der Waals surface area contributed by atoms with Crippen molar-refractivity contribution in [3.05, 3.63) is 53.3 Å². The summed E-state index contributed by atoms with van der Waals surface area (Å²) in [6.07, 6.45) is 2.03. The second-order valence-corrected chi connectivity index (χ2v) is 4.85. The van der Waals surface area contributed by atoms with Gasteiger partial charge in [-0.05, 0) is 49.7 Å². The lowest BCUT2D eigenvalue weighted by atomic mass is 10.1. The summed E-state index contributed by atoms with van der Waals surface area (Å²) < 4.78 is 2.09. The molecule has 0 spiro atoms. The number of rotatable bonds is 5. The Morgan fingerprint density at radius 3 is 2.70 bits per heavy atom. The maximum Gasteiger partial charge on any atom is 0.251 e. The van der Waals surface area contributed by atoms with Gasteiger partial charge in [0.25, 0.3) is 5.91 Å². The van der Waals surface area contributed by atoms with Gasteiger partial charge in [0.1, 0.15) is 0 Å². The van der Waals surface area contributed by atoms with Crippen molar-refractivity contribution < 1.29 is 4.79 Å². The number of carbonyl (C=O) groups excluding carboxylic acids is 1. The zero-order chi connectivity index (χ0) is 14.5. The minimum Gasteiger partial charge on any atom is -0.379 e. The number of nitrogens with zero attached hydrogens (tertiary/aromatic N) is 1. The van der Waals surface area contributed by atoms with Crippen LogP contribution in [0, 0.1) is 6.92 Å². The van der Waals surface area contributed by atoms with E-state index >= 15 is 0 Å². The summed E-state index contributed by atoms with van der Waals surface area (Å²) in [5.74, 6) is -0.0235. The van der Waals surface area contributed by atoms with Crippen molar-refractivity contribution in [1.29, 1.82) is 0 Å². The Morgan fingerprint density at radius 1 is 1.30 bits per heavy atom. The van der Waals surface area contributed by atoms with Crippen LogP contribution >= 0.6 is 0 Å². The third kappa shape index (κ3) is 3.20. The molecule has 20 heavy (non-hydrogen) atoms. The van der Waals surface area contributed by atoms with Crippen LogP contribution < -0.4 is 10.6 Å². The smallest absolute Gasteiger partial charge is 0.251 e. The van der Waals surface area contributed by atoms with Crippen LogP contribution in [-0.4, -0.2) is 17.0 Å². The third-order valence-corrected chi connectivity index (χ3v) is 3.34. The quantitative estimate of drug-likeness (QED) is 0.878. The Bertz CT molecular complexity index is 602. The first kappa shape index (κ1) is 14.2. The first-order chi connectivity index (χ1) is 9.61. The van der Waals surface area contributed by atoms with Gasteiger partial charge in [0, 0.05) is 36.7 Å². The van der Waals surface area contributed by atoms with Crippen LogP contribution in [0.5, 0.6) is 0 Å². The molecular formula is C16H21N3O. The Kier molecular flexibility index (Phi) is 4.45. The number of benzene rings is 1. The molecule has 1 amide bonds. The van der Waals surface area contributed by atoms with Crippen LogP contribution in [0.2, 0.25) is 0 Å². The summed E-state index contributed by atoms with van der Waals surface area (Å²) in [5, 5.41) is 6.21. The molecule has 0 fully saturated rings. The molecule has 1 heterocycles. The average molecular weight is 271 g/mol. The van der Waals surface area contributed by atoms with Gasteiger partial charge in [-0.1, -0.05) is 0 Å². The van der Waals surface area contributed by atoms with Crippen LogP contribution in [0.15, 0.2) is 36.5 Å². The second kappa shape index (κ2) is 6.28. The third-order valence-electron chi connectivity index (χ3n) is 3.34. The van der Waals surface area contributed by atoms with Crippen molar-refractivity contribution in [2.45, 2.75) is 20.4 Å². The van der Waals surface area contributed by atoms with Gasteiger partial charge in [0.15, 0.2) is 0 Å². The van der Waals surface area contributed by atoms with Crippen molar-refractivity contribution in [3.8, 4) is 0 Å². The minimum absolute atomic E-state index is 0.0235. The van der Waals surface area contributed by atoms with Crippen LogP contribution in [0.3, 0.4) is 0 Å². The predicted octanol–water partition coefficient (Wildman–Crippen LogP) is 2.70. The SMILES string of the molecule is CCNC(=O)c1ccc(NCc2cccn2C)c(C)c1. The van der Waals surface area contributed by atoms with Gasteiger partial charge in [-0.25, -0.2) is 0 Å². The lowest BCUT2D eigenvalue weighted by molar-refractivity contribution is 0.0956. The van der Waals surface area contributed by atoms with Crippen molar-refractivity contribution in [1.82, 2.24) is 9.88 Å². The lowest BCUT2D eigenvalue weighted by Crippen LogP contribution is -2.22. The molecule has 0 aliphatic carbocycles.